The molecule has 0 spiro atoms. The second-order valence-corrected chi connectivity index (χ2v) is 7.55. The molecule has 0 bridgehead atoms. The van der Waals surface area contributed by atoms with E-state index in [4.69, 9.17) is 15.3 Å². The average Bonchev–Trinajstić information content (AvgIpc) is 2.90. The molecule has 1 saturated heterocycles. The van der Waals surface area contributed by atoms with Crippen molar-refractivity contribution in [2.45, 2.75) is 6.42 Å². The summed E-state index contributed by atoms with van der Waals surface area (Å²) in [5.74, 6) is 6.29. The number of hydrogen-bond donors (Lipinski definition) is 2. The van der Waals surface area contributed by atoms with Gasteiger partial charge in [-0.15, -0.1) is 0 Å². The van der Waals surface area contributed by atoms with Gasteiger partial charge >= 0.3 is 6.01 Å². The molecule has 3 N–H and O–H groups in total. The second-order valence-electron chi connectivity index (χ2n) is 7.55. The smallest absolute Gasteiger partial charge is 0.318 e. The van der Waals surface area contributed by atoms with Gasteiger partial charge < -0.3 is 25.5 Å². The lowest BCUT2D eigenvalue weighted by Crippen LogP contribution is -2.37. The summed E-state index contributed by atoms with van der Waals surface area (Å²) in [6.45, 7) is 2.99. The second kappa shape index (κ2) is 11.2. The molecule has 3 aromatic rings. The molecule has 2 aromatic heterocycles. The van der Waals surface area contributed by atoms with Crippen molar-refractivity contribution in [3.8, 4) is 6.01 Å². The van der Waals surface area contributed by atoms with Gasteiger partial charge in [0.1, 0.15) is 17.2 Å². The van der Waals surface area contributed by atoms with E-state index in [1.54, 1.807) is 31.4 Å². The number of aromatic nitrogens is 3. The average molecular weight is 462 g/mol. The summed E-state index contributed by atoms with van der Waals surface area (Å²) in [6.07, 6.45) is 2.37. The molecule has 1 aliphatic heterocycles. The van der Waals surface area contributed by atoms with E-state index in [9.17, 15) is 4.79 Å². The first-order valence-corrected chi connectivity index (χ1v) is 11.0. The van der Waals surface area contributed by atoms with E-state index in [0.717, 1.165) is 5.69 Å². The Hall–Kier alpha value is -4.05. The van der Waals surface area contributed by atoms with Crippen LogP contribution in [-0.2, 0) is 11.2 Å². The summed E-state index contributed by atoms with van der Waals surface area (Å²) in [4.78, 5) is 27.7. The highest BCUT2D eigenvalue weighted by molar-refractivity contribution is 6.12. The van der Waals surface area contributed by atoms with Gasteiger partial charge in [-0.1, -0.05) is 18.2 Å². The van der Waals surface area contributed by atoms with Gasteiger partial charge in [0, 0.05) is 55.6 Å². The zero-order chi connectivity index (χ0) is 23.8. The summed E-state index contributed by atoms with van der Waals surface area (Å²) in [7, 11) is 1.58. The molecule has 0 aliphatic carbocycles. The number of ether oxygens (including phenoxy) is 2. The summed E-state index contributed by atoms with van der Waals surface area (Å²) >= 11 is 0. The lowest BCUT2D eigenvalue weighted by Gasteiger charge is -2.28. The van der Waals surface area contributed by atoms with Gasteiger partial charge in [0.2, 0.25) is 0 Å². The number of benzene rings is 1. The number of pyridine rings is 1. The van der Waals surface area contributed by atoms with Gasteiger partial charge in [-0.05, 0) is 24.3 Å². The van der Waals surface area contributed by atoms with E-state index in [-0.39, 0.29) is 11.9 Å². The summed E-state index contributed by atoms with van der Waals surface area (Å²) in [5, 5.41) is 6.62. The number of carbonyl (C=O) groups is 1. The molecular weight excluding hydrogens is 434 g/mol. The van der Waals surface area contributed by atoms with Crippen LogP contribution >= 0.6 is 0 Å². The van der Waals surface area contributed by atoms with Crippen LogP contribution in [0.25, 0.3) is 0 Å². The number of nitrogens with zero attached hydrogens (tertiary/aromatic N) is 5. The Morgan fingerprint density at radius 1 is 1.15 bits per heavy atom. The van der Waals surface area contributed by atoms with Crippen LogP contribution in [0.3, 0.4) is 0 Å². The minimum absolute atomic E-state index is 0.201. The van der Waals surface area contributed by atoms with E-state index in [1.807, 2.05) is 30.3 Å². The fraction of sp³-hybridized carbons (Fsp3) is 0.292. The fourth-order valence-corrected chi connectivity index (χ4v) is 3.59. The molecule has 1 aliphatic rings. The van der Waals surface area contributed by atoms with Crippen LogP contribution in [0.5, 0.6) is 6.01 Å². The van der Waals surface area contributed by atoms with Crippen LogP contribution in [0.1, 0.15) is 27.3 Å². The van der Waals surface area contributed by atoms with Crippen LogP contribution in [0.4, 0.5) is 5.82 Å². The molecule has 1 aromatic carbocycles. The Balaban J connectivity index is 1.64. The number of hydrogen-bond acceptors (Lipinski definition) is 9. The van der Waals surface area contributed by atoms with E-state index >= 15 is 0 Å². The Labute approximate surface area is 197 Å². The molecule has 1 amide bonds. The number of nitrogens with two attached hydrogens (primary N) is 1. The highest BCUT2D eigenvalue weighted by Crippen LogP contribution is 2.21. The number of hydrazone groups is 1. The number of nitrogens with one attached hydrogen (secondary N) is 1. The first-order valence-electron chi connectivity index (χ1n) is 11.0. The number of carbonyl (C=O) groups excluding carboxylic acids is 1. The standard InChI is InChI=1S/C24H27N7O3/c1-26-23(32)18-6-4-5-17(15-18)22(30-25)20-16-21(31-10-13-33-14-11-31)29-24(28-20)34-12-8-19-7-2-3-9-27-19/h2-7,9,15-16H,8,10-14,25H2,1H3,(H,26,32)/b30-22+. The van der Waals surface area contributed by atoms with Crippen LogP contribution in [-0.4, -0.2) is 66.5 Å². The van der Waals surface area contributed by atoms with Crippen molar-refractivity contribution < 1.29 is 14.3 Å². The summed E-state index contributed by atoms with van der Waals surface area (Å²) < 4.78 is 11.4. The van der Waals surface area contributed by atoms with Crippen LogP contribution in [0.2, 0.25) is 0 Å². The molecule has 1 fully saturated rings. The van der Waals surface area contributed by atoms with Gasteiger partial charge in [-0.2, -0.15) is 15.1 Å². The minimum Gasteiger partial charge on any atom is -0.463 e. The Kier molecular flexibility index (Phi) is 7.61. The van der Waals surface area contributed by atoms with Gasteiger partial charge in [-0.25, -0.2) is 0 Å². The van der Waals surface area contributed by atoms with Gasteiger partial charge in [0.05, 0.1) is 19.8 Å². The number of amides is 1. The molecule has 0 unspecified atom stereocenters. The first-order chi connectivity index (χ1) is 16.7. The predicted molar refractivity (Wildman–Crippen MR) is 128 cm³/mol. The third-order valence-electron chi connectivity index (χ3n) is 5.34. The van der Waals surface area contributed by atoms with Crippen molar-refractivity contribution in [1.29, 1.82) is 0 Å². The van der Waals surface area contributed by atoms with Crippen molar-refractivity contribution in [1.82, 2.24) is 20.3 Å². The monoisotopic (exact) mass is 461 g/mol. The van der Waals surface area contributed by atoms with Crippen LogP contribution in [0.15, 0.2) is 59.8 Å². The Morgan fingerprint density at radius 2 is 1.97 bits per heavy atom. The van der Waals surface area contributed by atoms with Crippen molar-refractivity contribution in [3.63, 3.8) is 0 Å². The Bertz CT molecular complexity index is 1150. The molecule has 0 saturated carbocycles. The van der Waals surface area contributed by atoms with Crippen molar-refractivity contribution in [3.05, 3.63) is 77.2 Å². The maximum Gasteiger partial charge on any atom is 0.318 e. The molecule has 10 heteroatoms. The van der Waals surface area contributed by atoms with Crippen molar-refractivity contribution in [2.75, 3.05) is 44.9 Å². The maximum absolute atomic E-state index is 12.1. The molecule has 10 nitrogen and oxygen atoms in total. The summed E-state index contributed by atoms with van der Waals surface area (Å²) in [5.41, 5.74) is 3.01. The molecule has 3 heterocycles. The van der Waals surface area contributed by atoms with Gasteiger partial charge in [-0.3, -0.25) is 9.78 Å². The SMILES string of the molecule is CNC(=O)c1cccc(/C(=N\N)c2cc(N3CCOCC3)nc(OCCc3ccccn3)n2)c1. The van der Waals surface area contributed by atoms with E-state index < -0.39 is 0 Å². The lowest BCUT2D eigenvalue weighted by molar-refractivity contribution is 0.0963. The van der Waals surface area contributed by atoms with Gasteiger partial charge in [0.15, 0.2) is 0 Å². The quantitative estimate of drug-likeness (QED) is 0.293. The fourth-order valence-electron chi connectivity index (χ4n) is 3.59. The number of morpholine rings is 1. The topological polar surface area (TPSA) is 128 Å². The van der Waals surface area contributed by atoms with Crippen molar-refractivity contribution in [2.24, 2.45) is 10.9 Å². The third-order valence-corrected chi connectivity index (χ3v) is 5.34. The minimum atomic E-state index is -0.201. The zero-order valence-electron chi connectivity index (χ0n) is 19.0. The molecule has 0 radical (unpaired) electrons. The molecule has 34 heavy (non-hydrogen) atoms. The zero-order valence-corrected chi connectivity index (χ0v) is 19.0. The number of rotatable bonds is 8. The Morgan fingerprint density at radius 3 is 2.71 bits per heavy atom. The predicted octanol–water partition coefficient (Wildman–Crippen LogP) is 1.40. The number of anilines is 1. The first kappa shape index (κ1) is 23.1. The van der Waals surface area contributed by atoms with E-state index in [1.165, 1.54) is 0 Å². The lowest BCUT2D eigenvalue weighted by atomic mass is 10.0. The third kappa shape index (κ3) is 5.65. The van der Waals surface area contributed by atoms with Crippen molar-refractivity contribution >= 4 is 17.4 Å². The van der Waals surface area contributed by atoms with Crippen LogP contribution < -0.4 is 20.8 Å². The molecule has 4 rings (SSSR count). The highest BCUT2D eigenvalue weighted by Gasteiger charge is 2.19. The van der Waals surface area contributed by atoms with Gasteiger partial charge in [0.25, 0.3) is 5.91 Å². The highest BCUT2D eigenvalue weighted by atomic mass is 16.5. The normalized spacial score (nSPS) is 14.0. The summed E-state index contributed by atoms with van der Waals surface area (Å²) in [6, 6.07) is 14.9. The largest absolute Gasteiger partial charge is 0.463 e. The van der Waals surface area contributed by atoms with E-state index in [2.05, 4.69) is 30.3 Å². The molecule has 0 atom stereocenters. The molecular formula is C24H27N7O3. The van der Waals surface area contributed by atoms with Crippen LogP contribution in [0, 0.1) is 0 Å². The van der Waals surface area contributed by atoms with E-state index in [0.29, 0.717) is 67.7 Å². The maximum atomic E-state index is 12.1. The molecule has 176 valence electrons.